The molecule has 0 amide bonds. The SMILES string of the molecule is CC1CN(Cc2nnsc2N)CC1N(C)C. The lowest BCUT2D eigenvalue weighted by Crippen LogP contribution is -2.34. The van der Waals surface area contributed by atoms with E-state index in [0.717, 1.165) is 30.3 Å². The topological polar surface area (TPSA) is 58.3 Å². The van der Waals surface area contributed by atoms with Crippen molar-refractivity contribution in [3.05, 3.63) is 5.69 Å². The maximum Gasteiger partial charge on any atom is 0.132 e. The van der Waals surface area contributed by atoms with Crippen LogP contribution in [0.2, 0.25) is 0 Å². The molecule has 16 heavy (non-hydrogen) atoms. The Kier molecular flexibility index (Phi) is 3.41. The van der Waals surface area contributed by atoms with Crippen LogP contribution in [0, 0.1) is 5.92 Å². The lowest BCUT2D eigenvalue weighted by atomic mass is 10.1. The summed E-state index contributed by atoms with van der Waals surface area (Å²) in [4.78, 5) is 4.70. The second-order valence-corrected chi connectivity index (χ2v) is 5.57. The van der Waals surface area contributed by atoms with Gasteiger partial charge in [-0.3, -0.25) is 4.90 Å². The Bertz CT molecular complexity index is 351. The van der Waals surface area contributed by atoms with Crippen molar-refractivity contribution in [2.24, 2.45) is 5.92 Å². The number of aromatic nitrogens is 2. The third kappa shape index (κ3) is 2.34. The zero-order valence-electron chi connectivity index (χ0n) is 10.1. The minimum Gasteiger partial charge on any atom is -0.388 e. The van der Waals surface area contributed by atoms with Gasteiger partial charge >= 0.3 is 0 Å². The highest BCUT2D eigenvalue weighted by molar-refractivity contribution is 7.09. The smallest absolute Gasteiger partial charge is 0.132 e. The summed E-state index contributed by atoms with van der Waals surface area (Å²) in [7, 11) is 4.28. The lowest BCUT2D eigenvalue weighted by Gasteiger charge is -2.22. The third-order valence-corrected chi connectivity index (χ3v) is 3.87. The Morgan fingerprint density at radius 1 is 1.50 bits per heavy atom. The predicted octanol–water partition coefficient (Wildman–Crippen LogP) is 0.502. The van der Waals surface area contributed by atoms with E-state index in [2.05, 4.69) is 40.4 Å². The second-order valence-electron chi connectivity index (χ2n) is 4.79. The summed E-state index contributed by atoms with van der Waals surface area (Å²) >= 11 is 1.28. The van der Waals surface area contributed by atoms with Gasteiger partial charge in [0.2, 0.25) is 0 Å². The van der Waals surface area contributed by atoms with Gasteiger partial charge in [0.15, 0.2) is 0 Å². The molecule has 2 N–H and O–H groups in total. The van der Waals surface area contributed by atoms with Gasteiger partial charge < -0.3 is 10.6 Å². The second kappa shape index (κ2) is 4.65. The van der Waals surface area contributed by atoms with E-state index < -0.39 is 0 Å². The number of anilines is 1. The average Bonchev–Trinajstić information content (AvgIpc) is 2.75. The number of hydrogen-bond acceptors (Lipinski definition) is 6. The van der Waals surface area contributed by atoms with Gasteiger partial charge in [0.1, 0.15) is 10.7 Å². The van der Waals surface area contributed by atoms with E-state index >= 15 is 0 Å². The van der Waals surface area contributed by atoms with Crippen molar-refractivity contribution in [3.63, 3.8) is 0 Å². The molecule has 1 aromatic heterocycles. The Labute approximate surface area is 100 Å². The van der Waals surface area contributed by atoms with Crippen LogP contribution >= 0.6 is 11.5 Å². The number of nitrogen functional groups attached to an aromatic ring is 1. The van der Waals surface area contributed by atoms with Gasteiger partial charge in [-0.15, -0.1) is 5.10 Å². The predicted molar refractivity (Wildman–Crippen MR) is 66.2 cm³/mol. The molecule has 2 heterocycles. The van der Waals surface area contributed by atoms with E-state index in [1.165, 1.54) is 11.5 Å². The minimum atomic E-state index is 0.632. The van der Waals surface area contributed by atoms with Crippen LogP contribution in [0.1, 0.15) is 12.6 Å². The summed E-state index contributed by atoms with van der Waals surface area (Å²) in [6.45, 7) is 5.33. The maximum atomic E-state index is 5.80. The van der Waals surface area contributed by atoms with Crippen molar-refractivity contribution in [1.82, 2.24) is 19.4 Å². The van der Waals surface area contributed by atoms with Gasteiger partial charge in [0.25, 0.3) is 0 Å². The fraction of sp³-hybridized carbons (Fsp3) is 0.800. The minimum absolute atomic E-state index is 0.632. The van der Waals surface area contributed by atoms with Gasteiger partial charge in [0, 0.05) is 37.2 Å². The quantitative estimate of drug-likeness (QED) is 0.835. The van der Waals surface area contributed by atoms with Crippen molar-refractivity contribution in [2.75, 3.05) is 32.9 Å². The van der Waals surface area contributed by atoms with Crippen molar-refractivity contribution in [3.8, 4) is 0 Å². The molecule has 90 valence electrons. The molecule has 5 nitrogen and oxygen atoms in total. The van der Waals surface area contributed by atoms with E-state index in [1.807, 2.05) is 0 Å². The van der Waals surface area contributed by atoms with E-state index in [0.29, 0.717) is 12.0 Å². The third-order valence-electron chi connectivity index (χ3n) is 3.27. The summed E-state index contributed by atoms with van der Waals surface area (Å²) in [5.74, 6) is 0.697. The largest absolute Gasteiger partial charge is 0.388 e. The molecule has 1 fully saturated rings. The first-order chi connectivity index (χ1) is 7.58. The first-order valence-electron chi connectivity index (χ1n) is 5.53. The average molecular weight is 241 g/mol. The summed E-state index contributed by atoms with van der Waals surface area (Å²) in [6.07, 6.45) is 0. The number of likely N-dealkylation sites (tertiary alicyclic amines) is 1. The first-order valence-corrected chi connectivity index (χ1v) is 6.30. The summed E-state index contributed by atoms with van der Waals surface area (Å²) in [5.41, 5.74) is 6.73. The molecular weight excluding hydrogens is 222 g/mol. The maximum absolute atomic E-state index is 5.80. The zero-order chi connectivity index (χ0) is 11.7. The Morgan fingerprint density at radius 3 is 2.75 bits per heavy atom. The fourth-order valence-electron chi connectivity index (χ4n) is 2.39. The van der Waals surface area contributed by atoms with Crippen LogP contribution in [0.15, 0.2) is 0 Å². The van der Waals surface area contributed by atoms with Crippen LogP contribution in [0.5, 0.6) is 0 Å². The molecule has 0 aromatic carbocycles. The highest BCUT2D eigenvalue weighted by Gasteiger charge is 2.31. The molecule has 2 atom stereocenters. The molecule has 0 radical (unpaired) electrons. The first kappa shape index (κ1) is 11.8. The van der Waals surface area contributed by atoms with Gasteiger partial charge in [-0.1, -0.05) is 11.4 Å². The van der Waals surface area contributed by atoms with Crippen LogP contribution in [0.4, 0.5) is 5.00 Å². The van der Waals surface area contributed by atoms with Crippen LogP contribution in [0.25, 0.3) is 0 Å². The fourth-order valence-corrected chi connectivity index (χ4v) is 2.82. The van der Waals surface area contributed by atoms with Gasteiger partial charge in [0.05, 0.1) is 0 Å². The molecule has 1 aliphatic heterocycles. The Balaban J connectivity index is 1.96. The number of likely N-dealkylation sites (N-methyl/N-ethyl adjacent to an activating group) is 1. The van der Waals surface area contributed by atoms with Crippen LogP contribution in [-0.4, -0.2) is 52.6 Å². The van der Waals surface area contributed by atoms with Crippen molar-refractivity contribution < 1.29 is 0 Å². The molecule has 0 spiro atoms. The molecular formula is C10H19N5S. The molecule has 1 saturated heterocycles. The number of nitrogens with two attached hydrogens (primary N) is 1. The molecule has 6 heteroatoms. The molecule has 2 rings (SSSR count). The molecule has 0 aliphatic carbocycles. The zero-order valence-corrected chi connectivity index (χ0v) is 10.9. The molecule has 0 saturated carbocycles. The van der Waals surface area contributed by atoms with Gasteiger partial charge in [-0.25, -0.2) is 0 Å². The van der Waals surface area contributed by atoms with Crippen molar-refractivity contribution >= 4 is 16.5 Å². The molecule has 1 aliphatic rings. The summed E-state index contributed by atoms with van der Waals surface area (Å²) in [5, 5.41) is 4.81. The Morgan fingerprint density at radius 2 is 2.25 bits per heavy atom. The van der Waals surface area contributed by atoms with E-state index in [4.69, 9.17) is 5.73 Å². The molecule has 0 bridgehead atoms. The summed E-state index contributed by atoms with van der Waals surface area (Å²) < 4.78 is 3.87. The van der Waals surface area contributed by atoms with Crippen LogP contribution in [0.3, 0.4) is 0 Å². The van der Waals surface area contributed by atoms with Crippen molar-refractivity contribution in [2.45, 2.75) is 19.5 Å². The van der Waals surface area contributed by atoms with Crippen molar-refractivity contribution in [1.29, 1.82) is 0 Å². The lowest BCUT2D eigenvalue weighted by molar-refractivity contribution is 0.249. The molecule has 2 unspecified atom stereocenters. The number of hydrogen-bond donors (Lipinski definition) is 1. The van der Waals surface area contributed by atoms with E-state index in [1.54, 1.807) is 0 Å². The normalized spacial score (nSPS) is 26.8. The number of rotatable bonds is 3. The number of nitrogens with zero attached hydrogens (tertiary/aromatic N) is 4. The van der Waals surface area contributed by atoms with Crippen LogP contribution < -0.4 is 5.73 Å². The van der Waals surface area contributed by atoms with Gasteiger partial charge in [-0.05, 0) is 20.0 Å². The standard InChI is InChI=1S/C10H19N5S/c1-7-4-15(6-9(7)14(2)3)5-8-10(11)16-13-12-8/h7,9H,4-6,11H2,1-3H3. The summed E-state index contributed by atoms with van der Waals surface area (Å²) in [6, 6.07) is 0.632. The van der Waals surface area contributed by atoms with Crippen LogP contribution in [-0.2, 0) is 6.54 Å². The Hall–Kier alpha value is -0.720. The van der Waals surface area contributed by atoms with E-state index in [9.17, 15) is 0 Å². The monoisotopic (exact) mass is 241 g/mol. The highest BCUT2D eigenvalue weighted by Crippen LogP contribution is 2.23. The molecule has 1 aromatic rings. The highest BCUT2D eigenvalue weighted by atomic mass is 32.1. The van der Waals surface area contributed by atoms with E-state index in [-0.39, 0.29) is 0 Å². The van der Waals surface area contributed by atoms with Gasteiger partial charge in [-0.2, -0.15) is 0 Å².